The standard InChI is InChI=1S/C16H13F2N7O/c17-10-1-2-11(18)12(7-10)23-14-13(19)15(22-8-21-14)24-25-16(26)9-3-5-20-6-4-9/h1-8H,19H2,(H,25,26)(H2,21,22,23,24). The van der Waals surface area contributed by atoms with Gasteiger partial charge >= 0.3 is 0 Å². The second kappa shape index (κ2) is 7.38. The van der Waals surface area contributed by atoms with Crippen LogP contribution in [-0.2, 0) is 0 Å². The van der Waals surface area contributed by atoms with Gasteiger partial charge in [-0.05, 0) is 24.3 Å². The summed E-state index contributed by atoms with van der Waals surface area (Å²) in [5.74, 6) is -1.60. The van der Waals surface area contributed by atoms with E-state index in [1.54, 1.807) is 0 Å². The van der Waals surface area contributed by atoms with Gasteiger partial charge in [0.15, 0.2) is 11.6 Å². The van der Waals surface area contributed by atoms with E-state index in [0.29, 0.717) is 5.56 Å². The summed E-state index contributed by atoms with van der Waals surface area (Å²) in [6, 6.07) is 5.99. The Morgan fingerprint density at radius 2 is 1.77 bits per heavy atom. The number of benzene rings is 1. The summed E-state index contributed by atoms with van der Waals surface area (Å²) >= 11 is 0. The van der Waals surface area contributed by atoms with E-state index in [0.717, 1.165) is 24.5 Å². The van der Waals surface area contributed by atoms with Gasteiger partial charge in [0.25, 0.3) is 5.91 Å². The molecule has 0 radical (unpaired) electrons. The van der Waals surface area contributed by atoms with Crippen molar-refractivity contribution in [2.45, 2.75) is 0 Å². The van der Waals surface area contributed by atoms with Gasteiger partial charge in [-0.25, -0.2) is 18.7 Å². The van der Waals surface area contributed by atoms with Crippen LogP contribution < -0.4 is 21.9 Å². The van der Waals surface area contributed by atoms with Gasteiger partial charge in [0, 0.05) is 24.0 Å². The van der Waals surface area contributed by atoms with Crippen LogP contribution in [0.25, 0.3) is 0 Å². The average molecular weight is 357 g/mol. The Balaban J connectivity index is 1.75. The van der Waals surface area contributed by atoms with Crippen LogP contribution >= 0.6 is 0 Å². The number of pyridine rings is 1. The van der Waals surface area contributed by atoms with Crippen molar-refractivity contribution in [1.82, 2.24) is 20.4 Å². The molecule has 8 nitrogen and oxygen atoms in total. The van der Waals surface area contributed by atoms with E-state index in [1.165, 1.54) is 24.5 Å². The first kappa shape index (κ1) is 17.0. The molecule has 0 saturated carbocycles. The molecule has 0 bridgehead atoms. The van der Waals surface area contributed by atoms with E-state index < -0.39 is 17.5 Å². The molecule has 26 heavy (non-hydrogen) atoms. The Labute approximate surface area is 146 Å². The Kier molecular flexibility index (Phi) is 4.83. The summed E-state index contributed by atoms with van der Waals surface area (Å²) in [4.78, 5) is 23.6. The Bertz CT molecular complexity index is 937. The van der Waals surface area contributed by atoms with Gasteiger partial charge < -0.3 is 11.1 Å². The van der Waals surface area contributed by atoms with E-state index in [9.17, 15) is 13.6 Å². The van der Waals surface area contributed by atoms with Gasteiger partial charge in [-0.15, -0.1) is 0 Å². The molecule has 0 aliphatic rings. The van der Waals surface area contributed by atoms with E-state index in [1.807, 2.05) is 0 Å². The van der Waals surface area contributed by atoms with Crippen molar-refractivity contribution in [3.8, 4) is 0 Å². The second-order valence-electron chi connectivity index (χ2n) is 5.05. The number of nitrogen functional groups attached to an aromatic ring is 1. The van der Waals surface area contributed by atoms with E-state index in [2.05, 4.69) is 31.1 Å². The van der Waals surface area contributed by atoms with Crippen LogP contribution in [0.4, 0.5) is 31.8 Å². The minimum Gasteiger partial charge on any atom is -0.393 e. The van der Waals surface area contributed by atoms with Crippen LogP contribution in [0.3, 0.4) is 0 Å². The maximum Gasteiger partial charge on any atom is 0.269 e. The monoisotopic (exact) mass is 357 g/mol. The second-order valence-corrected chi connectivity index (χ2v) is 5.05. The highest BCUT2D eigenvalue weighted by atomic mass is 19.1. The first-order chi connectivity index (χ1) is 12.5. The highest BCUT2D eigenvalue weighted by molar-refractivity contribution is 5.95. The molecule has 2 heterocycles. The molecule has 1 amide bonds. The summed E-state index contributed by atoms with van der Waals surface area (Å²) < 4.78 is 27.0. The Hall–Kier alpha value is -3.82. The molecule has 0 unspecified atom stereocenters. The number of nitrogens with one attached hydrogen (secondary N) is 3. The number of hydrazine groups is 1. The summed E-state index contributed by atoms with van der Waals surface area (Å²) in [6.45, 7) is 0. The van der Waals surface area contributed by atoms with Crippen molar-refractivity contribution < 1.29 is 13.6 Å². The average Bonchev–Trinajstić information content (AvgIpc) is 2.66. The fourth-order valence-electron chi connectivity index (χ4n) is 2.01. The van der Waals surface area contributed by atoms with Gasteiger partial charge in [-0.2, -0.15) is 0 Å². The molecule has 0 atom stereocenters. The zero-order valence-electron chi connectivity index (χ0n) is 13.2. The highest BCUT2D eigenvalue weighted by Gasteiger charge is 2.12. The number of nitrogens with zero attached hydrogens (tertiary/aromatic N) is 3. The maximum absolute atomic E-state index is 13.7. The van der Waals surface area contributed by atoms with Crippen LogP contribution in [0.2, 0.25) is 0 Å². The normalized spacial score (nSPS) is 10.2. The number of carbonyl (C=O) groups is 1. The fraction of sp³-hybridized carbons (Fsp3) is 0. The lowest BCUT2D eigenvalue weighted by atomic mass is 10.2. The highest BCUT2D eigenvalue weighted by Crippen LogP contribution is 2.27. The third-order valence-electron chi connectivity index (χ3n) is 3.30. The summed E-state index contributed by atoms with van der Waals surface area (Å²) in [5, 5.41) is 2.59. The van der Waals surface area contributed by atoms with Crippen molar-refractivity contribution in [3.05, 3.63) is 66.3 Å². The van der Waals surface area contributed by atoms with Crippen molar-refractivity contribution in [3.63, 3.8) is 0 Å². The third-order valence-corrected chi connectivity index (χ3v) is 3.30. The number of amides is 1. The summed E-state index contributed by atoms with van der Waals surface area (Å²) in [7, 11) is 0. The molecule has 132 valence electrons. The summed E-state index contributed by atoms with van der Waals surface area (Å²) in [6.07, 6.45) is 4.10. The molecule has 0 aliphatic heterocycles. The van der Waals surface area contributed by atoms with Crippen molar-refractivity contribution in [1.29, 1.82) is 0 Å². The smallest absolute Gasteiger partial charge is 0.269 e. The molecule has 0 saturated heterocycles. The largest absolute Gasteiger partial charge is 0.393 e. The van der Waals surface area contributed by atoms with Crippen LogP contribution in [0.5, 0.6) is 0 Å². The Morgan fingerprint density at radius 1 is 1.04 bits per heavy atom. The zero-order chi connectivity index (χ0) is 18.5. The maximum atomic E-state index is 13.7. The third kappa shape index (κ3) is 3.80. The van der Waals surface area contributed by atoms with E-state index in [4.69, 9.17) is 5.73 Å². The zero-order valence-corrected chi connectivity index (χ0v) is 13.2. The van der Waals surface area contributed by atoms with Crippen LogP contribution in [0.15, 0.2) is 49.1 Å². The molecule has 3 aromatic rings. The van der Waals surface area contributed by atoms with Crippen LogP contribution in [0, 0.1) is 11.6 Å². The number of aromatic nitrogens is 3. The number of carbonyl (C=O) groups excluding carboxylic acids is 1. The lowest BCUT2D eigenvalue weighted by Crippen LogP contribution is -2.30. The Morgan fingerprint density at radius 3 is 2.54 bits per heavy atom. The quantitative estimate of drug-likeness (QED) is 0.517. The van der Waals surface area contributed by atoms with E-state index >= 15 is 0 Å². The SMILES string of the molecule is Nc1c(NNC(=O)c2ccncc2)ncnc1Nc1cc(F)ccc1F. The molecular weight excluding hydrogens is 344 g/mol. The molecule has 1 aromatic carbocycles. The molecule has 2 aromatic heterocycles. The molecule has 0 fully saturated rings. The van der Waals surface area contributed by atoms with Crippen molar-refractivity contribution >= 4 is 28.9 Å². The van der Waals surface area contributed by atoms with Gasteiger partial charge in [0.05, 0.1) is 5.69 Å². The molecule has 5 N–H and O–H groups in total. The first-order valence-corrected chi connectivity index (χ1v) is 7.33. The van der Waals surface area contributed by atoms with Gasteiger partial charge in [-0.1, -0.05) is 0 Å². The number of nitrogens with two attached hydrogens (primary N) is 1. The van der Waals surface area contributed by atoms with Crippen LogP contribution in [0.1, 0.15) is 10.4 Å². The lowest BCUT2D eigenvalue weighted by molar-refractivity contribution is 0.0962. The minimum atomic E-state index is -0.676. The van der Waals surface area contributed by atoms with Crippen molar-refractivity contribution in [2.24, 2.45) is 0 Å². The lowest BCUT2D eigenvalue weighted by Gasteiger charge is -2.13. The molecule has 3 rings (SSSR count). The number of rotatable bonds is 5. The molecule has 0 spiro atoms. The summed E-state index contributed by atoms with van der Waals surface area (Å²) in [5.41, 5.74) is 11.1. The first-order valence-electron chi connectivity index (χ1n) is 7.33. The van der Waals surface area contributed by atoms with E-state index in [-0.39, 0.29) is 23.0 Å². The van der Waals surface area contributed by atoms with Gasteiger partial charge in [0.2, 0.25) is 0 Å². The fourth-order valence-corrected chi connectivity index (χ4v) is 2.01. The van der Waals surface area contributed by atoms with Crippen LogP contribution in [-0.4, -0.2) is 20.9 Å². The number of halogens is 2. The number of anilines is 4. The predicted octanol–water partition coefficient (Wildman–Crippen LogP) is 2.23. The number of hydrogen-bond donors (Lipinski definition) is 4. The van der Waals surface area contributed by atoms with Gasteiger partial charge in [0.1, 0.15) is 23.6 Å². The predicted molar refractivity (Wildman–Crippen MR) is 91.4 cm³/mol. The topological polar surface area (TPSA) is 118 Å². The molecule has 10 heteroatoms. The minimum absolute atomic E-state index is 0.00573. The molecule has 0 aliphatic carbocycles. The van der Waals surface area contributed by atoms with Crippen molar-refractivity contribution in [2.75, 3.05) is 16.5 Å². The number of hydrogen-bond acceptors (Lipinski definition) is 7. The molecular formula is C16H13F2N7O. The van der Waals surface area contributed by atoms with Gasteiger partial charge in [-0.3, -0.25) is 20.6 Å².